The zero-order chi connectivity index (χ0) is 13.5. The maximum absolute atomic E-state index is 11.9. The predicted molar refractivity (Wildman–Crippen MR) is 79.4 cm³/mol. The number of aromatic nitrogens is 1. The summed E-state index contributed by atoms with van der Waals surface area (Å²) in [6, 6.07) is 13.4. The molecule has 96 valence electrons. The van der Waals surface area contributed by atoms with Crippen molar-refractivity contribution in [2.24, 2.45) is 0 Å². The van der Waals surface area contributed by atoms with Crippen LogP contribution < -0.4 is 0 Å². The second-order valence-corrected chi connectivity index (χ2v) is 4.93. The zero-order valence-electron chi connectivity index (χ0n) is 10.7. The number of aryl methyl sites for hydroxylation is 1. The van der Waals surface area contributed by atoms with Crippen molar-refractivity contribution in [3.05, 3.63) is 71.3 Å². The maximum Gasteiger partial charge on any atom is 0.186 e. The van der Waals surface area contributed by atoms with E-state index < -0.39 is 0 Å². The van der Waals surface area contributed by atoms with Gasteiger partial charge >= 0.3 is 0 Å². The summed E-state index contributed by atoms with van der Waals surface area (Å²) in [6.45, 7) is 2.10. The second kappa shape index (κ2) is 6.90. The molecule has 0 aliphatic rings. The molecule has 2 nitrogen and oxygen atoms in total. The number of nitrogens with zero attached hydrogens (tertiary/aromatic N) is 1. The molecule has 0 aliphatic heterocycles. The van der Waals surface area contributed by atoms with Crippen molar-refractivity contribution >= 4 is 17.5 Å². The van der Waals surface area contributed by atoms with Crippen LogP contribution in [0.1, 0.15) is 22.8 Å². The summed E-state index contributed by atoms with van der Waals surface area (Å²) < 4.78 is 0. The Kier molecular flexibility index (Phi) is 4.93. The predicted octanol–water partition coefficient (Wildman–Crippen LogP) is 4.13. The lowest BCUT2D eigenvalue weighted by Crippen LogP contribution is -1.94. The largest absolute Gasteiger partial charge is 0.289 e. The number of ketones is 1. The molecule has 0 spiro atoms. The summed E-state index contributed by atoms with van der Waals surface area (Å²) in [6.07, 6.45) is 4.31. The van der Waals surface area contributed by atoms with E-state index in [4.69, 9.17) is 0 Å². The van der Waals surface area contributed by atoms with Gasteiger partial charge in [0.1, 0.15) is 5.03 Å². The molecule has 0 N–H and O–H groups in total. The number of hydrogen-bond acceptors (Lipinski definition) is 3. The van der Waals surface area contributed by atoms with E-state index in [1.807, 2.05) is 42.5 Å². The van der Waals surface area contributed by atoms with Crippen LogP contribution in [-0.4, -0.2) is 10.8 Å². The number of hydrogen-bond donors (Lipinski definition) is 0. The van der Waals surface area contributed by atoms with Gasteiger partial charge in [-0.2, -0.15) is 0 Å². The van der Waals surface area contributed by atoms with E-state index >= 15 is 0 Å². The van der Waals surface area contributed by atoms with Crippen molar-refractivity contribution in [3.8, 4) is 0 Å². The van der Waals surface area contributed by atoms with E-state index in [2.05, 4.69) is 11.9 Å². The van der Waals surface area contributed by atoms with Gasteiger partial charge in [-0.05, 0) is 35.6 Å². The van der Waals surface area contributed by atoms with Gasteiger partial charge in [-0.25, -0.2) is 4.98 Å². The first-order chi connectivity index (χ1) is 9.29. The minimum atomic E-state index is 0.0195. The van der Waals surface area contributed by atoms with E-state index in [1.54, 1.807) is 17.7 Å². The van der Waals surface area contributed by atoms with Gasteiger partial charge in [0.05, 0.1) is 0 Å². The maximum atomic E-state index is 11.9. The number of carbonyl (C=O) groups is 1. The highest BCUT2D eigenvalue weighted by Gasteiger charge is 2.01. The van der Waals surface area contributed by atoms with Gasteiger partial charge in [0, 0.05) is 11.8 Å². The Morgan fingerprint density at radius 2 is 2.00 bits per heavy atom. The van der Waals surface area contributed by atoms with Gasteiger partial charge in [-0.15, -0.1) is 0 Å². The van der Waals surface area contributed by atoms with Crippen LogP contribution in [0.25, 0.3) is 0 Å². The van der Waals surface area contributed by atoms with Crippen LogP contribution in [0, 0.1) is 0 Å². The summed E-state index contributed by atoms with van der Waals surface area (Å²) in [4.78, 5) is 16.1. The standard InChI is InChI=1S/C16H15NOS/c1-2-13-6-8-14(9-7-13)15(18)10-12-19-16-5-3-4-11-17-16/h3-12H,2H2,1H3. The van der Waals surface area contributed by atoms with Crippen LogP contribution in [-0.2, 0) is 6.42 Å². The van der Waals surface area contributed by atoms with Crippen LogP contribution in [0.3, 0.4) is 0 Å². The third-order valence-electron chi connectivity index (χ3n) is 2.69. The minimum Gasteiger partial charge on any atom is -0.289 e. The number of carbonyl (C=O) groups excluding carboxylic acids is 1. The molecule has 0 radical (unpaired) electrons. The highest BCUT2D eigenvalue weighted by Crippen LogP contribution is 2.16. The highest BCUT2D eigenvalue weighted by molar-refractivity contribution is 8.02. The Bertz CT molecular complexity index is 561. The lowest BCUT2D eigenvalue weighted by Gasteiger charge is -1.98. The number of benzene rings is 1. The van der Waals surface area contributed by atoms with Crippen LogP contribution in [0.2, 0.25) is 0 Å². The molecule has 19 heavy (non-hydrogen) atoms. The third-order valence-corrected chi connectivity index (χ3v) is 3.45. The fourth-order valence-electron chi connectivity index (χ4n) is 1.58. The average molecular weight is 269 g/mol. The van der Waals surface area contributed by atoms with Crippen LogP contribution in [0.4, 0.5) is 0 Å². The van der Waals surface area contributed by atoms with E-state index in [1.165, 1.54) is 17.3 Å². The smallest absolute Gasteiger partial charge is 0.186 e. The average Bonchev–Trinajstić information content (AvgIpc) is 2.48. The van der Waals surface area contributed by atoms with Crippen molar-refractivity contribution < 1.29 is 4.79 Å². The third kappa shape index (κ3) is 4.07. The summed E-state index contributed by atoms with van der Waals surface area (Å²) in [5.41, 5.74) is 1.96. The number of pyridine rings is 1. The Morgan fingerprint density at radius 3 is 2.63 bits per heavy atom. The van der Waals surface area contributed by atoms with Gasteiger partial charge in [-0.1, -0.05) is 49.0 Å². The molecule has 2 aromatic rings. The fourth-order valence-corrected chi connectivity index (χ4v) is 2.19. The molecule has 3 heteroatoms. The van der Waals surface area contributed by atoms with Crippen molar-refractivity contribution in [1.82, 2.24) is 4.98 Å². The zero-order valence-corrected chi connectivity index (χ0v) is 11.6. The van der Waals surface area contributed by atoms with E-state index in [-0.39, 0.29) is 5.78 Å². The summed E-state index contributed by atoms with van der Waals surface area (Å²) in [7, 11) is 0. The fraction of sp³-hybridized carbons (Fsp3) is 0.125. The molecule has 0 atom stereocenters. The normalized spacial score (nSPS) is 10.8. The van der Waals surface area contributed by atoms with Gasteiger partial charge in [0.2, 0.25) is 0 Å². The van der Waals surface area contributed by atoms with Crippen LogP contribution >= 0.6 is 11.8 Å². The topological polar surface area (TPSA) is 30.0 Å². The van der Waals surface area contributed by atoms with Crippen LogP contribution in [0.5, 0.6) is 0 Å². The molecule has 0 amide bonds. The molecule has 2 rings (SSSR count). The molecular formula is C16H15NOS. The first kappa shape index (κ1) is 13.6. The lowest BCUT2D eigenvalue weighted by atomic mass is 10.1. The second-order valence-electron chi connectivity index (χ2n) is 4.00. The Labute approximate surface area is 117 Å². The van der Waals surface area contributed by atoms with E-state index in [0.29, 0.717) is 0 Å². The molecular weight excluding hydrogens is 254 g/mol. The van der Waals surface area contributed by atoms with Gasteiger partial charge in [-0.3, -0.25) is 4.79 Å². The van der Waals surface area contributed by atoms with Gasteiger partial charge in [0.15, 0.2) is 5.78 Å². The van der Waals surface area contributed by atoms with Crippen molar-refractivity contribution in [1.29, 1.82) is 0 Å². The molecule has 1 aromatic carbocycles. The summed E-state index contributed by atoms with van der Waals surface area (Å²) in [5.74, 6) is 0.0195. The quantitative estimate of drug-likeness (QED) is 0.464. The van der Waals surface area contributed by atoms with Gasteiger partial charge in [0.25, 0.3) is 0 Å². The summed E-state index contributed by atoms with van der Waals surface area (Å²) in [5, 5.41) is 2.66. The Morgan fingerprint density at radius 1 is 1.21 bits per heavy atom. The number of thioether (sulfide) groups is 1. The molecule has 0 saturated heterocycles. The molecule has 0 aliphatic carbocycles. The highest BCUT2D eigenvalue weighted by atomic mass is 32.2. The minimum absolute atomic E-state index is 0.0195. The molecule has 1 aromatic heterocycles. The Hall–Kier alpha value is -1.87. The van der Waals surface area contributed by atoms with Gasteiger partial charge < -0.3 is 0 Å². The summed E-state index contributed by atoms with van der Waals surface area (Å²) >= 11 is 1.44. The monoisotopic (exact) mass is 269 g/mol. The van der Waals surface area contributed by atoms with Crippen molar-refractivity contribution in [3.63, 3.8) is 0 Å². The Balaban J connectivity index is 1.96. The van der Waals surface area contributed by atoms with Crippen LogP contribution in [0.15, 0.2) is 65.2 Å². The number of allylic oxidation sites excluding steroid dienone is 1. The first-order valence-corrected chi connectivity index (χ1v) is 7.05. The first-order valence-electron chi connectivity index (χ1n) is 6.17. The van der Waals surface area contributed by atoms with Crippen molar-refractivity contribution in [2.75, 3.05) is 0 Å². The lowest BCUT2D eigenvalue weighted by molar-refractivity contribution is 0.104. The molecule has 0 bridgehead atoms. The SMILES string of the molecule is CCc1ccc(C(=O)C=CSc2ccccn2)cc1. The number of rotatable bonds is 5. The molecule has 0 unspecified atom stereocenters. The van der Waals surface area contributed by atoms with E-state index in [0.717, 1.165) is 17.0 Å². The van der Waals surface area contributed by atoms with E-state index in [9.17, 15) is 4.79 Å². The molecule has 0 saturated carbocycles. The molecule has 0 fully saturated rings. The molecule has 1 heterocycles. The van der Waals surface area contributed by atoms with Crippen molar-refractivity contribution in [2.45, 2.75) is 18.4 Å².